The van der Waals surface area contributed by atoms with Crippen molar-refractivity contribution < 1.29 is 27.5 Å². The lowest BCUT2D eigenvalue weighted by molar-refractivity contribution is -0.137. The first-order chi connectivity index (χ1) is 20.7. The molecule has 1 heterocycles. The number of ether oxygens (including phenoxy) is 1. The highest BCUT2D eigenvalue weighted by Gasteiger charge is 2.30. The molecule has 0 aliphatic heterocycles. The van der Waals surface area contributed by atoms with Crippen LogP contribution in [0.4, 0.5) is 18.9 Å². The minimum Gasteiger partial charge on any atom is -0.489 e. The summed E-state index contributed by atoms with van der Waals surface area (Å²) in [6, 6.07) is 30.2. The van der Waals surface area contributed by atoms with E-state index < -0.39 is 17.6 Å². The Labute approximate surface area is 246 Å². The molecule has 4 aromatic carbocycles. The minimum atomic E-state index is -4.45. The largest absolute Gasteiger partial charge is 0.489 e. The zero-order valence-corrected chi connectivity index (χ0v) is 23.2. The van der Waals surface area contributed by atoms with Crippen LogP contribution in [0.3, 0.4) is 0 Å². The molecule has 0 saturated heterocycles. The first-order valence-corrected chi connectivity index (χ1v) is 13.5. The highest BCUT2D eigenvalue weighted by Crippen LogP contribution is 2.32. The van der Waals surface area contributed by atoms with Crippen molar-refractivity contribution in [1.29, 1.82) is 0 Å². The van der Waals surface area contributed by atoms with Gasteiger partial charge in [-0.1, -0.05) is 72.8 Å². The summed E-state index contributed by atoms with van der Waals surface area (Å²) in [7, 11) is 1.69. The van der Waals surface area contributed by atoms with E-state index in [2.05, 4.69) is 10.6 Å². The highest BCUT2D eigenvalue weighted by molar-refractivity contribution is 6.09. The van der Waals surface area contributed by atoms with Gasteiger partial charge in [0.25, 0.3) is 11.8 Å². The summed E-state index contributed by atoms with van der Waals surface area (Å²) in [5.41, 5.74) is 3.19. The fourth-order valence-corrected chi connectivity index (χ4v) is 4.55. The van der Waals surface area contributed by atoms with Crippen LogP contribution in [0.1, 0.15) is 37.5 Å². The molecular weight excluding hydrogens is 555 g/mol. The zero-order valence-electron chi connectivity index (χ0n) is 23.2. The molecule has 0 saturated carbocycles. The van der Waals surface area contributed by atoms with Crippen molar-refractivity contribution >= 4 is 17.5 Å². The number of aromatic nitrogens is 1. The van der Waals surface area contributed by atoms with Gasteiger partial charge in [0.2, 0.25) is 0 Å². The van der Waals surface area contributed by atoms with Gasteiger partial charge >= 0.3 is 6.18 Å². The Morgan fingerprint density at radius 3 is 2.16 bits per heavy atom. The predicted molar refractivity (Wildman–Crippen MR) is 159 cm³/mol. The van der Waals surface area contributed by atoms with E-state index in [1.807, 2.05) is 54.6 Å². The molecule has 5 aromatic rings. The van der Waals surface area contributed by atoms with E-state index in [9.17, 15) is 22.8 Å². The number of carbonyl (C=O) groups is 2. The molecule has 6 nitrogen and oxygen atoms in total. The molecule has 0 radical (unpaired) electrons. The number of carbonyl (C=O) groups excluding carboxylic acids is 2. The number of anilines is 1. The standard InChI is InChI=1S/C34H28F3N3O3/c1-40-21-27(39-32(41)30-10-6-5-9-29(30)25-13-15-26(16-14-25)34(35,36)37)19-31(40)33(42)38-20-23-11-17-28(18-12-23)43-22-24-7-3-2-4-8-24/h2-19,21H,20,22H2,1H3,(H,38,42)(H,39,41). The maximum absolute atomic E-state index is 13.2. The minimum absolute atomic E-state index is 0.285. The third-order valence-corrected chi connectivity index (χ3v) is 6.82. The molecule has 2 amide bonds. The lowest BCUT2D eigenvalue weighted by Crippen LogP contribution is -2.24. The monoisotopic (exact) mass is 583 g/mol. The van der Waals surface area contributed by atoms with Crippen LogP contribution in [0.25, 0.3) is 11.1 Å². The molecule has 0 fully saturated rings. The lowest BCUT2D eigenvalue weighted by atomic mass is 9.98. The van der Waals surface area contributed by atoms with E-state index >= 15 is 0 Å². The second kappa shape index (κ2) is 12.7. The van der Waals surface area contributed by atoms with E-state index in [1.165, 1.54) is 12.1 Å². The topological polar surface area (TPSA) is 72.4 Å². The van der Waals surface area contributed by atoms with Crippen LogP contribution in [0.15, 0.2) is 115 Å². The summed E-state index contributed by atoms with van der Waals surface area (Å²) >= 11 is 0. The number of alkyl halides is 3. The lowest BCUT2D eigenvalue weighted by Gasteiger charge is -2.11. The number of halogens is 3. The van der Waals surface area contributed by atoms with Crippen LogP contribution in [-0.4, -0.2) is 16.4 Å². The van der Waals surface area contributed by atoms with Crippen molar-refractivity contribution in [3.8, 4) is 16.9 Å². The van der Waals surface area contributed by atoms with E-state index in [1.54, 1.807) is 48.1 Å². The van der Waals surface area contributed by atoms with Gasteiger partial charge in [0, 0.05) is 25.4 Å². The van der Waals surface area contributed by atoms with E-state index in [0.717, 1.165) is 29.0 Å². The zero-order chi connectivity index (χ0) is 30.4. The molecule has 0 atom stereocenters. The Hall–Kier alpha value is -5.31. The van der Waals surface area contributed by atoms with Crippen molar-refractivity contribution in [3.63, 3.8) is 0 Å². The maximum Gasteiger partial charge on any atom is 0.416 e. The average Bonchev–Trinajstić information content (AvgIpc) is 3.39. The molecule has 9 heteroatoms. The Bertz CT molecular complexity index is 1710. The fraction of sp³-hybridized carbons (Fsp3) is 0.118. The molecular formula is C34H28F3N3O3. The van der Waals surface area contributed by atoms with Crippen LogP contribution in [0, 0.1) is 0 Å². The second-order valence-corrected chi connectivity index (χ2v) is 9.90. The molecule has 0 aliphatic carbocycles. The van der Waals surface area contributed by atoms with Gasteiger partial charge in [-0.05, 0) is 58.7 Å². The number of nitrogens with one attached hydrogen (secondary N) is 2. The Balaban J connectivity index is 1.20. The molecule has 2 N–H and O–H groups in total. The van der Waals surface area contributed by atoms with Crippen LogP contribution in [-0.2, 0) is 26.4 Å². The van der Waals surface area contributed by atoms with Crippen molar-refractivity contribution in [2.75, 3.05) is 5.32 Å². The first kappa shape index (κ1) is 29.2. The number of amides is 2. The SMILES string of the molecule is Cn1cc(NC(=O)c2ccccc2-c2ccc(C(F)(F)F)cc2)cc1C(=O)NCc1ccc(OCc2ccccc2)cc1. The van der Waals surface area contributed by atoms with Crippen LogP contribution in [0.2, 0.25) is 0 Å². The number of nitrogens with zero attached hydrogens (tertiary/aromatic N) is 1. The van der Waals surface area contributed by atoms with Crippen LogP contribution in [0.5, 0.6) is 5.75 Å². The van der Waals surface area contributed by atoms with Crippen molar-refractivity contribution in [2.45, 2.75) is 19.3 Å². The summed E-state index contributed by atoms with van der Waals surface area (Å²) in [6.07, 6.45) is -2.83. The number of rotatable bonds is 9. The summed E-state index contributed by atoms with van der Waals surface area (Å²) in [5, 5.41) is 5.67. The van der Waals surface area contributed by atoms with Crippen molar-refractivity contribution in [2.24, 2.45) is 7.05 Å². The molecule has 218 valence electrons. The summed E-state index contributed by atoms with van der Waals surface area (Å²) in [4.78, 5) is 26.1. The molecule has 1 aromatic heterocycles. The Morgan fingerprint density at radius 1 is 0.791 bits per heavy atom. The molecule has 5 rings (SSSR count). The van der Waals surface area contributed by atoms with E-state index in [4.69, 9.17) is 4.74 Å². The quantitative estimate of drug-likeness (QED) is 0.189. The summed E-state index contributed by atoms with van der Waals surface area (Å²) < 4.78 is 46.4. The number of benzene rings is 4. The van der Waals surface area contributed by atoms with Gasteiger partial charge in [0.1, 0.15) is 18.1 Å². The van der Waals surface area contributed by atoms with Gasteiger partial charge < -0.3 is 19.9 Å². The molecule has 0 bridgehead atoms. The highest BCUT2D eigenvalue weighted by atomic mass is 19.4. The molecule has 0 unspecified atom stereocenters. The van der Waals surface area contributed by atoms with Crippen LogP contribution < -0.4 is 15.4 Å². The summed E-state index contributed by atoms with van der Waals surface area (Å²) in [5.74, 6) is -0.0539. The van der Waals surface area contributed by atoms with E-state index in [0.29, 0.717) is 35.7 Å². The van der Waals surface area contributed by atoms with Gasteiger partial charge in [0.15, 0.2) is 0 Å². The normalized spacial score (nSPS) is 11.2. The fourth-order valence-electron chi connectivity index (χ4n) is 4.55. The first-order valence-electron chi connectivity index (χ1n) is 13.5. The number of hydrogen-bond acceptors (Lipinski definition) is 3. The van der Waals surface area contributed by atoms with Gasteiger partial charge in [-0.25, -0.2) is 0 Å². The smallest absolute Gasteiger partial charge is 0.416 e. The van der Waals surface area contributed by atoms with Crippen molar-refractivity contribution in [3.05, 3.63) is 143 Å². The molecule has 0 spiro atoms. The average molecular weight is 584 g/mol. The van der Waals surface area contributed by atoms with Gasteiger partial charge in [-0.3, -0.25) is 9.59 Å². The Morgan fingerprint density at radius 2 is 1.47 bits per heavy atom. The van der Waals surface area contributed by atoms with Gasteiger partial charge in [0.05, 0.1) is 11.3 Å². The third kappa shape index (κ3) is 7.32. The van der Waals surface area contributed by atoms with Gasteiger partial charge in [-0.2, -0.15) is 13.2 Å². The maximum atomic E-state index is 13.2. The Kier molecular flexibility index (Phi) is 8.61. The summed E-state index contributed by atoms with van der Waals surface area (Å²) in [6.45, 7) is 0.759. The van der Waals surface area contributed by atoms with Crippen molar-refractivity contribution in [1.82, 2.24) is 9.88 Å². The number of aryl methyl sites for hydroxylation is 1. The third-order valence-electron chi connectivity index (χ3n) is 6.82. The molecule has 0 aliphatic rings. The van der Waals surface area contributed by atoms with Crippen LogP contribution >= 0.6 is 0 Å². The predicted octanol–water partition coefficient (Wildman–Crippen LogP) is 7.47. The molecule has 43 heavy (non-hydrogen) atoms. The second-order valence-electron chi connectivity index (χ2n) is 9.90. The van der Waals surface area contributed by atoms with E-state index in [-0.39, 0.29) is 11.5 Å². The van der Waals surface area contributed by atoms with Gasteiger partial charge in [-0.15, -0.1) is 0 Å². The number of hydrogen-bond donors (Lipinski definition) is 2.